The first-order valence-electron chi connectivity index (χ1n) is 15.4. The number of aromatic nitrogens is 1. The minimum Gasteiger partial charge on any atom is -0.336 e. The Balaban J connectivity index is 1.34. The maximum absolute atomic E-state index is 2.58. The lowest BCUT2D eigenvalue weighted by molar-refractivity contribution is 0.665. The van der Waals surface area contributed by atoms with E-state index in [1.807, 2.05) is 0 Å². The number of benzene rings is 6. The molecule has 0 unspecified atom stereocenters. The maximum Gasteiger partial charge on any atom is 0.0567 e. The van der Waals surface area contributed by atoms with Gasteiger partial charge in [0.15, 0.2) is 0 Å². The van der Waals surface area contributed by atoms with E-state index in [1.165, 1.54) is 93.8 Å². The van der Waals surface area contributed by atoms with Gasteiger partial charge >= 0.3 is 0 Å². The zero-order valence-electron chi connectivity index (χ0n) is 25.1. The molecule has 2 aliphatic rings. The Kier molecular flexibility index (Phi) is 4.93. The van der Waals surface area contributed by atoms with Gasteiger partial charge in [-0.1, -0.05) is 117 Å². The largest absolute Gasteiger partial charge is 0.336 e. The molecular formula is C42H33N. The summed E-state index contributed by atoms with van der Waals surface area (Å²) in [6.07, 6.45) is 4.67. The molecule has 0 saturated heterocycles. The summed E-state index contributed by atoms with van der Waals surface area (Å²) in [7, 11) is 0. The van der Waals surface area contributed by atoms with Gasteiger partial charge in [-0.3, -0.25) is 0 Å². The summed E-state index contributed by atoms with van der Waals surface area (Å²) >= 11 is 0. The second-order valence-electron chi connectivity index (χ2n) is 13.0. The molecule has 1 heteroatoms. The predicted octanol–water partition coefficient (Wildman–Crippen LogP) is 11.2. The van der Waals surface area contributed by atoms with E-state index < -0.39 is 0 Å². The summed E-state index contributed by atoms with van der Waals surface area (Å²) in [5, 5.41) is 6.63. The highest BCUT2D eigenvalue weighted by molar-refractivity contribution is 6.21. The highest BCUT2D eigenvalue weighted by Gasteiger charge is 2.41. The normalized spacial score (nSPS) is 14.5. The summed E-state index contributed by atoms with van der Waals surface area (Å²) in [6.45, 7) is 10.3. The first kappa shape index (κ1) is 24.7. The molecule has 0 amide bonds. The van der Waals surface area contributed by atoms with Crippen LogP contribution in [0.2, 0.25) is 0 Å². The topological polar surface area (TPSA) is 4.93 Å². The van der Waals surface area contributed by atoms with Crippen LogP contribution in [0, 0.1) is 13.8 Å². The van der Waals surface area contributed by atoms with Crippen LogP contribution in [0.1, 0.15) is 41.7 Å². The Morgan fingerprint density at radius 2 is 1.23 bits per heavy atom. The van der Waals surface area contributed by atoms with E-state index in [2.05, 4.69) is 148 Å². The number of aryl methyl sites for hydroxylation is 1. The van der Waals surface area contributed by atoms with E-state index in [0.717, 1.165) is 6.54 Å². The summed E-state index contributed by atoms with van der Waals surface area (Å²) in [5.41, 5.74) is 16.3. The van der Waals surface area contributed by atoms with Crippen molar-refractivity contribution in [2.24, 2.45) is 0 Å². The Bertz CT molecular complexity index is 2290. The Morgan fingerprint density at radius 3 is 1.88 bits per heavy atom. The van der Waals surface area contributed by atoms with Gasteiger partial charge in [-0.2, -0.15) is 0 Å². The van der Waals surface area contributed by atoms with Crippen LogP contribution in [0.5, 0.6) is 0 Å². The number of rotatable bonds is 2. The van der Waals surface area contributed by atoms with Crippen LogP contribution in [-0.4, -0.2) is 4.57 Å². The quantitative estimate of drug-likeness (QED) is 0.188. The van der Waals surface area contributed by atoms with Gasteiger partial charge in [-0.25, -0.2) is 0 Å². The van der Waals surface area contributed by atoms with Gasteiger partial charge in [0.1, 0.15) is 0 Å². The Labute approximate surface area is 252 Å². The lowest BCUT2D eigenvalue weighted by Crippen LogP contribution is -2.15. The second kappa shape index (κ2) is 8.58. The Morgan fingerprint density at radius 1 is 0.628 bits per heavy atom. The van der Waals surface area contributed by atoms with Gasteiger partial charge in [-0.15, -0.1) is 0 Å². The van der Waals surface area contributed by atoms with Crippen LogP contribution in [-0.2, 0) is 12.0 Å². The standard InChI is InChI=1S/C42H33N/c1-25-23-35-39-41(43-22-12-19-29(26(25)2)40(35)43)34-21-20-28(24-36(34)42(39,3)4)38-32-17-10-8-15-30(32)37(27-13-6-5-7-14-27)31-16-9-11-18-33(31)38/h5-21,23-24H,22H2,1-4H3. The third kappa shape index (κ3) is 3.17. The molecule has 0 N–H and O–H groups in total. The van der Waals surface area contributed by atoms with Crippen molar-refractivity contribution < 1.29 is 0 Å². The van der Waals surface area contributed by atoms with Gasteiger partial charge in [0.2, 0.25) is 0 Å². The van der Waals surface area contributed by atoms with Crippen LogP contribution in [0.25, 0.3) is 72.0 Å². The summed E-state index contributed by atoms with van der Waals surface area (Å²) in [6, 6.07) is 38.5. The van der Waals surface area contributed by atoms with Crippen LogP contribution in [0.3, 0.4) is 0 Å². The molecule has 0 atom stereocenters. The van der Waals surface area contributed by atoms with Crippen molar-refractivity contribution in [1.29, 1.82) is 0 Å². The van der Waals surface area contributed by atoms with Crippen LogP contribution >= 0.6 is 0 Å². The predicted molar refractivity (Wildman–Crippen MR) is 184 cm³/mol. The molecule has 0 spiro atoms. The third-order valence-corrected chi connectivity index (χ3v) is 10.3. The van der Waals surface area contributed by atoms with E-state index in [-0.39, 0.29) is 5.41 Å². The van der Waals surface area contributed by atoms with Gasteiger partial charge in [-0.05, 0) is 92.0 Å². The molecule has 1 aromatic heterocycles. The summed E-state index contributed by atoms with van der Waals surface area (Å²) in [4.78, 5) is 0. The number of allylic oxidation sites excluding steroid dienone is 1. The number of hydrogen-bond donors (Lipinski definition) is 0. The molecule has 0 radical (unpaired) electrons. The summed E-state index contributed by atoms with van der Waals surface area (Å²) < 4.78 is 2.58. The molecule has 1 aliphatic heterocycles. The van der Waals surface area contributed by atoms with E-state index >= 15 is 0 Å². The van der Waals surface area contributed by atoms with Gasteiger partial charge < -0.3 is 4.57 Å². The fourth-order valence-electron chi connectivity index (χ4n) is 8.27. The molecule has 1 nitrogen and oxygen atoms in total. The minimum atomic E-state index is -0.108. The average molecular weight is 552 g/mol. The van der Waals surface area contributed by atoms with E-state index in [0.29, 0.717) is 0 Å². The van der Waals surface area contributed by atoms with Crippen LogP contribution < -0.4 is 0 Å². The molecule has 0 fully saturated rings. The molecule has 206 valence electrons. The van der Waals surface area contributed by atoms with Crippen molar-refractivity contribution in [1.82, 2.24) is 4.57 Å². The first-order chi connectivity index (χ1) is 20.9. The zero-order valence-corrected chi connectivity index (χ0v) is 25.1. The van der Waals surface area contributed by atoms with Crippen molar-refractivity contribution >= 4 is 38.5 Å². The Hall–Kier alpha value is -4.88. The highest BCUT2D eigenvalue weighted by atomic mass is 15.0. The lowest BCUT2D eigenvalue weighted by Gasteiger charge is -2.24. The highest BCUT2D eigenvalue weighted by Crippen LogP contribution is 2.55. The van der Waals surface area contributed by atoms with E-state index in [1.54, 1.807) is 0 Å². The molecule has 7 aromatic rings. The van der Waals surface area contributed by atoms with E-state index in [4.69, 9.17) is 0 Å². The smallest absolute Gasteiger partial charge is 0.0567 e. The molecule has 0 bridgehead atoms. The minimum absolute atomic E-state index is 0.108. The zero-order chi connectivity index (χ0) is 29.0. The number of hydrogen-bond acceptors (Lipinski definition) is 0. The molecule has 0 saturated carbocycles. The van der Waals surface area contributed by atoms with Crippen LogP contribution in [0.4, 0.5) is 0 Å². The molecule has 2 heterocycles. The SMILES string of the molecule is Cc1cc2c3c(n4c2c(c1C)C=CC4)-c1ccc(-c2c4ccccc4c(-c4ccccc4)c4ccccc24)cc1C3(C)C. The lowest BCUT2D eigenvalue weighted by atomic mass is 9.79. The van der Waals surface area contributed by atoms with Crippen molar-refractivity contribution in [3.63, 3.8) is 0 Å². The fraction of sp³-hybridized carbons (Fsp3) is 0.143. The number of nitrogens with zero attached hydrogens (tertiary/aromatic N) is 1. The van der Waals surface area contributed by atoms with Crippen molar-refractivity contribution in [2.75, 3.05) is 0 Å². The van der Waals surface area contributed by atoms with E-state index in [9.17, 15) is 0 Å². The molecule has 6 aromatic carbocycles. The fourth-order valence-corrected chi connectivity index (χ4v) is 8.27. The monoisotopic (exact) mass is 551 g/mol. The van der Waals surface area contributed by atoms with Gasteiger partial charge in [0.25, 0.3) is 0 Å². The van der Waals surface area contributed by atoms with Crippen LogP contribution in [0.15, 0.2) is 109 Å². The van der Waals surface area contributed by atoms with Crippen molar-refractivity contribution in [3.8, 4) is 33.5 Å². The first-order valence-corrected chi connectivity index (χ1v) is 15.4. The van der Waals surface area contributed by atoms with Gasteiger partial charge in [0, 0.05) is 28.5 Å². The average Bonchev–Trinajstić information content (AvgIpc) is 3.49. The molecule has 43 heavy (non-hydrogen) atoms. The summed E-state index contributed by atoms with van der Waals surface area (Å²) in [5.74, 6) is 0. The molecule has 1 aliphatic carbocycles. The molecule has 9 rings (SSSR count). The molecular weight excluding hydrogens is 518 g/mol. The van der Waals surface area contributed by atoms with Gasteiger partial charge in [0.05, 0.1) is 11.2 Å². The third-order valence-electron chi connectivity index (χ3n) is 10.3. The van der Waals surface area contributed by atoms with Crippen molar-refractivity contribution in [2.45, 2.75) is 39.7 Å². The van der Waals surface area contributed by atoms with Crippen molar-refractivity contribution in [3.05, 3.63) is 137 Å². The maximum atomic E-state index is 2.58. The number of fused-ring (bicyclic) bond motifs is 7. The second-order valence-corrected chi connectivity index (χ2v) is 13.0.